The van der Waals surface area contributed by atoms with Crippen LogP contribution in [0.25, 0.3) is 0 Å². The van der Waals surface area contributed by atoms with Gasteiger partial charge in [0.2, 0.25) is 27.7 Å². The van der Waals surface area contributed by atoms with Crippen molar-refractivity contribution in [1.82, 2.24) is 4.31 Å². The Labute approximate surface area is 192 Å². The number of carbonyl (C=O) groups is 3. The van der Waals surface area contributed by atoms with Crippen molar-refractivity contribution in [3.05, 3.63) is 48.0 Å². The molecule has 2 heterocycles. The van der Waals surface area contributed by atoms with Crippen LogP contribution in [-0.2, 0) is 30.8 Å². The number of fused-ring (bicyclic) bond motifs is 1. The molecule has 0 radical (unpaired) electrons. The van der Waals surface area contributed by atoms with E-state index in [1.54, 1.807) is 36.4 Å². The minimum atomic E-state index is -3.60. The van der Waals surface area contributed by atoms with Gasteiger partial charge in [0.15, 0.2) is 0 Å². The third kappa shape index (κ3) is 4.62. The quantitative estimate of drug-likeness (QED) is 0.696. The Hall–Kier alpha value is -3.24. The van der Waals surface area contributed by atoms with Crippen LogP contribution in [0, 0.1) is 0 Å². The lowest BCUT2D eigenvalue weighted by Crippen LogP contribution is -2.44. The number of sulfonamides is 1. The van der Waals surface area contributed by atoms with Crippen molar-refractivity contribution in [3.8, 4) is 0 Å². The minimum absolute atomic E-state index is 0.182. The molecule has 2 aromatic rings. The molecule has 1 fully saturated rings. The van der Waals surface area contributed by atoms with Crippen LogP contribution in [0.15, 0.2) is 47.4 Å². The molecule has 2 N–H and O–H groups in total. The maximum atomic E-state index is 13.1. The average molecular weight is 471 g/mol. The number of hydrogen-bond acceptors (Lipinski definition) is 5. The van der Waals surface area contributed by atoms with E-state index in [-0.39, 0.29) is 29.0 Å². The van der Waals surface area contributed by atoms with Gasteiger partial charge in [-0.05, 0) is 60.9 Å². The standard InChI is InChI=1S/C23H26N4O5S/c1-15(28)24-18-5-7-19(8-6-18)25-23(30)22-14-17-13-20(9-10-21(17)27(22)16(2)29)33(31,32)26-11-3-4-12-26/h5-10,13,22H,3-4,11-12,14H2,1-2H3,(H,24,28)(H,25,30)/t22-/m1/s1. The Balaban J connectivity index is 1.55. The molecular formula is C23H26N4O5S. The lowest BCUT2D eigenvalue weighted by Gasteiger charge is -2.23. The number of nitrogens with one attached hydrogen (secondary N) is 2. The number of carbonyl (C=O) groups excluding carboxylic acids is 3. The Morgan fingerprint density at radius 3 is 2.09 bits per heavy atom. The highest BCUT2D eigenvalue weighted by molar-refractivity contribution is 7.89. The zero-order valence-corrected chi connectivity index (χ0v) is 19.3. The molecule has 3 amide bonds. The van der Waals surface area contributed by atoms with E-state index in [1.165, 1.54) is 29.1 Å². The van der Waals surface area contributed by atoms with Gasteiger partial charge in [-0.15, -0.1) is 0 Å². The van der Waals surface area contributed by atoms with Gasteiger partial charge in [0, 0.05) is 50.4 Å². The molecule has 0 aromatic heterocycles. The van der Waals surface area contributed by atoms with Gasteiger partial charge in [-0.2, -0.15) is 4.31 Å². The molecule has 0 saturated carbocycles. The lowest BCUT2D eigenvalue weighted by atomic mass is 10.1. The smallest absolute Gasteiger partial charge is 0.247 e. The molecule has 2 aliphatic heterocycles. The maximum absolute atomic E-state index is 13.1. The van der Waals surface area contributed by atoms with E-state index >= 15 is 0 Å². The Morgan fingerprint density at radius 1 is 0.909 bits per heavy atom. The summed E-state index contributed by atoms with van der Waals surface area (Å²) >= 11 is 0. The van der Waals surface area contributed by atoms with Gasteiger partial charge in [0.1, 0.15) is 6.04 Å². The molecule has 0 bridgehead atoms. The second-order valence-electron chi connectivity index (χ2n) is 8.26. The van der Waals surface area contributed by atoms with E-state index in [1.807, 2.05) is 0 Å². The summed E-state index contributed by atoms with van der Waals surface area (Å²) in [5.74, 6) is -0.874. The first kappa shape index (κ1) is 22.9. The zero-order chi connectivity index (χ0) is 23.8. The number of nitrogens with zero attached hydrogens (tertiary/aromatic N) is 2. The van der Waals surface area contributed by atoms with Crippen LogP contribution in [0.5, 0.6) is 0 Å². The molecule has 2 aliphatic rings. The number of rotatable bonds is 5. The summed E-state index contributed by atoms with van der Waals surface area (Å²) in [6, 6.07) is 10.5. The van der Waals surface area contributed by atoms with Gasteiger partial charge in [-0.1, -0.05) is 0 Å². The third-order valence-electron chi connectivity index (χ3n) is 5.85. The fourth-order valence-electron chi connectivity index (χ4n) is 4.33. The monoisotopic (exact) mass is 470 g/mol. The summed E-state index contributed by atoms with van der Waals surface area (Å²) in [5, 5.41) is 5.46. The van der Waals surface area contributed by atoms with E-state index in [0.29, 0.717) is 35.7 Å². The first-order valence-electron chi connectivity index (χ1n) is 10.8. The Kier molecular flexibility index (Phi) is 6.22. The van der Waals surface area contributed by atoms with Gasteiger partial charge >= 0.3 is 0 Å². The van der Waals surface area contributed by atoms with Crippen LogP contribution in [0.2, 0.25) is 0 Å². The molecule has 0 unspecified atom stereocenters. The largest absolute Gasteiger partial charge is 0.326 e. The maximum Gasteiger partial charge on any atom is 0.247 e. The number of amides is 3. The van der Waals surface area contributed by atoms with Crippen LogP contribution < -0.4 is 15.5 Å². The van der Waals surface area contributed by atoms with Crippen molar-refractivity contribution >= 4 is 44.8 Å². The molecule has 10 heteroatoms. The van der Waals surface area contributed by atoms with Gasteiger partial charge in [-0.3, -0.25) is 19.3 Å². The fraction of sp³-hybridized carbons (Fsp3) is 0.348. The Morgan fingerprint density at radius 2 is 1.52 bits per heavy atom. The molecule has 1 saturated heterocycles. The van der Waals surface area contributed by atoms with Crippen LogP contribution in [0.1, 0.15) is 32.3 Å². The van der Waals surface area contributed by atoms with E-state index in [0.717, 1.165) is 12.8 Å². The van der Waals surface area contributed by atoms with Crippen LogP contribution in [0.3, 0.4) is 0 Å². The number of hydrogen-bond donors (Lipinski definition) is 2. The van der Waals surface area contributed by atoms with Crippen molar-refractivity contribution in [3.63, 3.8) is 0 Å². The van der Waals surface area contributed by atoms with Crippen LogP contribution in [-0.4, -0.2) is 49.6 Å². The minimum Gasteiger partial charge on any atom is -0.326 e. The second kappa shape index (κ2) is 8.95. The summed E-state index contributed by atoms with van der Waals surface area (Å²) in [6.45, 7) is 3.80. The van der Waals surface area contributed by atoms with Crippen molar-refractivity contribution in [2.45, 2.75) is 44.0 Å². The molecule has 2 aromatic carbocycles. The highest BCUT2D eigenvalue weighted by Gasteiger charge is 2.38. The fourth-order valence-corrected chi connectivity index (χ4v) is 5.90. The number of anilines is 3. The predicted octanol–water partition coefficient (Wildman–Crippen LogP) is 2.35. The van der Waals surface area contributed by atoms with E-state index < -0.39 is 16.1 Å². The van der Waals surface area contributed by atoms with Crippen LogP contribution >= 0.6 is 0 Å². The molecule has 0 spiro atoms. The zero-order valence-electron chi connectivity index (χ0n) is 18.5. The highest BCUT2D eigenvalue weighted by atomic mass is 32.2. The Bertz CT molecular complexity index is 1200. The first-order valence-corrected chi connectivity index (χ1v) is 12.2. The molecule has 0 aliphatic carbocycles. The molecule has 1 atom stereocenters. The van der Waals surface area contributed by atoms with Gasteiger partial charge in [-0.25, -0.2) is 8.42 Å². The molecular weight excluding hydrogens is 444 g/mol. The second-order valence-corrected chi connectivity index (χ2v) is 10.2. The molecule has 9 nitrogen and oxygen atoms in total. The summed E-state index contributed by atoms with van der Waals surface area (Å²) < 4.78 is 27.4. The van der Waals surface area contributed by atoms with E-state index in [9.17, 15) is 22.8 Å². The van der Waals surface area contributed by atoms with Gasteiger partial charge < -0.3 is 10.6 Å². The van der Waals surface area contributed by atoms with Crippen molar-refractivity contribution < 1.29 is 22.8 Å². The molecule has 33 heavy (non-hydrogen) atoms. The third-order valence-corrected chi connectivity index (χ3v) is 7.75. The van der Waals surface area contributed by atoms with Crippen LogP contribution in [0.4, 0.5) is 17.1 Å². The predicted molar refractivity (Wildman–Crippen MR) is 124 cm³/mol. The summed E-state index contributed by atoms with van der Waals surface area (Å²) in [5.41, 5.74) is 2.31. The van der Waals surface area contributed by atoms with E-state index in [2.05, 4.69) is 10.6 Å². The van der Waals surface area contributed by atoms with E-state index in [4.69, 9.17) is 0 Å². The SMILES string of the molecule is CC(=O)Nc1ccc(NC(=O)[C@H]2Cc3cc(S(=O)(=O)N4CCCC4)ccc3N2C(C)=O)cc1. The molecule has 4 rings (SSSR count). The summed E-state index contributed by atoms with van der Waals surface area (Å²) in [6.07, 6.45) is 1.90. The van der Waals surface area contributed by atoms with Crippen molar-refractivity contribution in [2.75, 3.05) is 28.6 Å². The topological polar surface area (TPSA) is 116 Å². The summed E-state index contributed by atoms with van der Waals surface area (Å²) in [4.78, 5) is 38.2. The normalized spacial score (nSPS) is 18.1. The van der Waals surface area contributed by atoms with Crippen molar-refractivity contribution in [1.29, 1.82) is 0 Å². The molecule has 174 valence electrons. The highest BCUT2D eigenvalue weighted by Crippen LogP contribution is 2.35. The average Bonchev–Trinajstić information content (AvgIpc) is 3.42. The lowest BCUT2D eigenvalue weighted by molar-refractivity contribution is -0.122. The number of benzene rings is 2. The summed E-state index contributed by atoms with van der Waals surface area (Å²) in [7, 11) is -3.60. The van der Waals surface area contributed by atoms with Gasteiger partial charge in [0.25, 0.3) is 0 Å². The van der Waals surface area contributed by atoms with Gasteiger partial charge in [0.05, 0.1) is 4.90 Å². The van der Waals surface area contributed by atoms with Crippen molar-refractivity contribution in [2.24, 2.45) is 0 Å². The first-order chi connectivity index (χ1) is 15.7.